The Morgan fingerprint density at radius 2 is 2.27 bits per heavy atom. The molecule has 2 atom stereocenters. The Hall–Kier alpha value is -1.37. The van der Waals surface area contributed by atoms with Crippen molar-refractivity contribution in [2.24, 2.45) is 7.05 Å². The Kier molecular flexibility index (Phi) is 5.99. The zero-order chi connectivity index (χ0) is 16.1. The van der Waals surface area contributed by atoms with Crippen LogP contribution in [0.1, 0.15) is 42.5 Å². The van der Waals surface area contributed by atoms with E-state index in [-0.39, 0.29) is 6.04 Å². The van der Waals surface area contributed by atoms with Gasteiger partial charge in [-0.15, -0.1) is 11.3 Å². The van der Waals surface area contributed by atoms with Crippen molar-refractivity contribution in [3.63, 3.8) is 0 Å². The summed E-state index contributed by atoms with van der Waals surface area (Å²) in [6.07, 6.45) is 1.15. The smallest absolute Gasteiger partial charge is 0.216 e. The summed E-state index contributed by atoms with van der Waals surface area (Å²) >= 11 is 1.59. The molecule has 0 fully saturated rings. The van der Waals surface area contributed by atoms with Crippen LogP contribution in [0, 0.1) is 0 Å². The number of aromatic nitrogens is 2. The number of aryl methyl sites for hydroxylation is 2. The van der Waals surface area contributed by atoms with Gasteiger partial charge in [-0.1, -0.05) is 13.0 Å². The number of hydrogen-bond donors (Lipinski definition) is 2. The molecule has 2 rings (SSSR count). The standard InChI is InChI=1S/C16H25N3O2S/c1-5-13-12(16(21-4)19(3)18-13)10-17-11(2)9-14(20)15-7-6-8-22-15/h6-8,11,14,17,20H,5,9-10H2,1-4H3. The third kappa shape index (κ3) is 3.88. The highest BCUT2D eigenvalue weighted by molar-refractivity contribution is 7.10. The molecule has 5 nitrogen and oxygen atoms in total. The average Bonchev–Trinajstić information content (AvgIpc) is 3.12. The summed E-state index contributed by atoms with van der Waals surface area (Å²) < 4.78 is 7.22. The summed E-state index contributed by atoms with van der Waals surface area (Å²) in [4.78, 5) is 1.02. The SMILES string of the molecule is CCc1nn(C)c(OC)c1CNC(C)CC(O)c1cccs1. The third-order valence-corrected chi connectivity index (χ3v) is 4.75. The van der Waals surface area contributed by atoms with E-state index in [9.17, 15) is 5.11 Å². The van der Waals surface area contributed by atoms with Crippen molar-refractivity contribution in [3.8, 4) is 5.88 Å². The predicted molar refractivity (Wildman–Crippen MR) is 89.3 cm³/mol. The maximum atomic E-state index is 10.2. The van der Waals surface area contributed by atoms with Gasteiger partial charge >= 0.3 is 0 Å². The molecule has 0 amide bonds. The van der Waals surface area contributed by atoms with Crippen molar-refractivity contribution in [1.82, 2.24) is 15.1 Å². The van der Waals surface area contributed by atoms with Crippen LogP contribution in [-0.4, -0.2) is 28.0 Å². The minimum Gasteiger partial charge on any atom is -0.481 e. The molecule has 2 aromatic heterocycles. The molecular formula is C16H25N3O2S. The molecular weight excluding hydrogens is 298 g/mol. The molecule has 0 radical (unpaired) electrons. The van der Waals surface area contributed by atoms with E-state index in [0.717, 1.165) is 28.4 Å². The average molecular weight is 323 g/mol. The zero-order valence-corrected chi connectivity index (χ0v) is 14.5. The van der Waals surface area contributed by atoms with Gasteiger partial charge in [0, 0.05) is 24.5 Å². The van der Waals surface area contributed by atoms with E-state index in [1.165, 1.54) is 0 Å². The van der Waals surface area contributed by atoms with Gasteiger partial charge in [-0.25, -0.2) is 4.68 Å². The number of methoxy groups -OCH3 is 1. The summed E-state index contributed by atoms with van der Waals surface area (Å²) in [6, 6.07) is 4.14. The number of rotatable bonds is 8. The van der Waals surface area contributed by atoms with Crippen molar-refractivity contribution >= 4 is 11.3 Å². The molecule has 0 saturated carbocycles. The summed E-state index contributed by atoms with van der Waals surface area (Å²) in [5.74, 6) is 0.801. The quantitative estimate of drug-likeness (QED) is 0.784. The largest absolute Gasteiger partial charge is 0.481 e. The van der Waals surface area contributed by atoms with Crippen LogP contribution in [0.3, 0.4) is 0 Å². The first kappa shape index (κ1) is 17.0. The number of aliphatic hydroxyl groups is 1. The molecule has 2 unspecified atom stereocenters. The Balaban J connectivity index is 1.95. The van der Waals surface area contributed by atoms with Gasteiger partial charge in [-0.3, -0.25) is 0 Å². The fourth-order valence-corrected chi connectivity index (χ4v) is 3.34. The van der Waals surface area contributed by atoms with Gasteiger partial charge in [0.2, 0.25) is 5.88 Å². The monoisotopic (exact) mass is 323 g/mol. The maximum Gasteiger partial charge on any atom is 0.216 e. The Labute approximate surface area is 135 Å². The van der Waals surface area contributed by atoms with E-state index in [1.54, 1.807) is 23.1 Å². The summed E-state index contributed by atoms with van der Waals surface area (Å²) in [5, 5.41) is 20.2. The number of nitrogens with one attached hydrogen (secondary N) is 1. The van der Waals surface area contributed by atoms with Crippen molar-refractivity contribution in [2.75, 3.05) is 7.11 Å². The fraction of sp³-hybridized carbons (Fsp3) is 0.562. The van der Waals surface area contributed by atoms with Crippen LogP contribution in [0.5, 0.6) is 5.88 Å². The maximum absolute atomic E-state index is 10.2. The molecule has 2 aromatic rings. The van der Waals surface area contributed by atoms with Crippen LogP contribution in [-0.2, 0) is 20.0 Å². The number of aliphatic hydroxyl groups excluding tert-OH is 1. The molecule has 0 aromatic carbocycles. The Morgan fingerprint density at radius 3 is 2.86 bits per heavy atom. The Morgan fingerprint density at radius 1 is 1.50 bits per heavy atom. The van der Waals surface area contributed by atoms with Gasteiger partial charge in [-0.2, -0.15) is 5.10 Å². The molecule has 0 spiro atoms. The number of ether oxygens (including phenoxy) is 1. The lowest BCUT2D eigenvalue weighted by Crippen LogP contribution is -2.27. The number of hydrogen-bond acceptors (Lipinski definition) is 5. The molecule has 0 bridgehead atoms. The molecule has 0 saturated heterocycles. The van der Waals surface area contributed by atoms with Crippen LogP contribution in [0.25, 0.3) is 0 Å². The second-order valence-corrected chi connectivity index (χ2v) is 6.44. The van der Waals surface area contributed by atoms with E-state index in [4.69, 9.17) is 4.74 Å². The fourth-order valence-electron chi connectivity index (χ4n) is 2.61. The second-order valence-electron chi connectivity index (χ2n) is 5.46. The molecule has 0 aliphatic carbocycles. The highest BCUT2D eigenvalue weighted by Gasteiger charge is 2.18. The molecule has 122 valence electrons. The Bertz CT molecular complexity index is 580. The van der Waals surface area contributed by atoms with Crippen LogP contribution >= 0.6 is 11.3 Å². The van der Waals surface area contributed by atoms with E-state index in [2.05, 4.69) is 24.3 Å². The lowest BCUT2D eigenvalue weighted by atomic mass is 10.1. The van der Waals surface area contributed by atoms with Crippen LogP contribution in [0.4, 0.5) is 0 Å². The van der Waals surface area contributed by atoms with Crippen LogP contribution < -0.4 is 10.1 Å². The first-order valence-corrected chi connectivity index (χ1v) is 8.48. The molecule has 2 heterocycles. The van der Waals surface area contributed by atoms with Gasteiger partial charge < -0.3 is 15.2 Å². The van der Waals surface area contributed by atoms with Gasteiger partial charge in [0.1, 0.15) is 0 Å². The number of thiophene rings is 1. The van der Waals surface area contributed by atoms with Crippen molar-refractivity contribution < 1.29 is 9.84 Å². The topological polar surface area (TPSA) is 59.3 Å². The van der Waals surface area contributed by atoms with Gasteiger partial charge in [0.15, 0.2) is 0 Å². The van der Waals surface area contributed by atoms with Crippen molar-refractivity contribution in [2.45, 2.75) is 45.4 Å². The summed E-state index contributed by atoms with van der Waals surface area (Å²) in [6.45, 7) is 4.87. The van der Waals surface area contributed by atoms with Gasteiger partial charge in [-0.05, 0) is 31.2 Å². The molecule has 22 heavy (non-hydrogen) atoms. The molecule has 6 heteroatoms. The molecule has 0 aliphatic rings. The van der Waals surface area contributed by atoms with Crippen LogP contribution in [0.2, 0.25) is 0 Å². The third-order valence-electron chi connectivity index (χ3n) is 3.78. The normalized spacial score (nSPS) is 14.0. The highest BCUT2D eigenvalue weighted by Crippen LogP contribution is 2.24. The van der Waals surface area contributed by atoms with Crippen molar-refractivity contribution in [3.05, 3.63) is 33.6 Å². The minimum atomic E-state index is -0.413. The second kappa shape index (κ2) is 7.76. The molecule has 2 N–H and O–H groups in total. The lowest BCUT2D eigenvalue weighted by Gasteiger charge is -2.17. The van der Waals surface area contributed by atoms with Crippen LogP contribution in [0.15, 0.2) is 17.5 Å². The minimum absolute atomic E-state index is 0.201. The first-order valence-electron chi connectivity index (χ1n) is 7.60. The van der Waals surface area contributed by atoms with E-state index in [1.807, 2.05) is 24.6 Å². The van der Waals surface area contributed by atoms with E-state index in [0.29, 0.717) is 13.0 Å². The van der Waals surface area contributed by atoms with E-state index >= 15 is 0 Å². The van der Waals surface area contributed by atoms with E-state index < -0.39 is 6.10 Å². The first-order chi connectivity index (χ1) is 10.6. The number of nitrogens with zero attached hydrogens (tertiary/aromatic N) is 2. The van der Waals surface area contributed by atoms with Crippen molar-refractivity contribution in [1.29, 1.82) is 0 Å². The van der Waals surface area contributed by atoms with Gasteiger partial charge in [0.25, 0.3) is 0 Å². The molecule has 0 aliphatic heterocycles. The highest BCUT2D eigenvalue weighted by atomic mass is 32.1. The summed E-state index contributed by atoms with van der Waals surface area (Å²) in [7, 11) is 3.56. The predicted octanol–water partition coefficient (Wildman–Crippen LogP) is 2.65. The van der Waals surface area contributed by atoms with Gasteiger partial charge in [0.05, 0.1) is 24.5 Å². The lowest BCUT2D eigenvalue weighted by molar-refractivity contribution is 0.157. The summed E-state index contributed by atoms with van der Waals surface area (Å²) in [5.41, 5.74) is 2.16. The zero-order valence-electron chi connectivity index (χ0n) is 13.7.